The lowest BCUT2D eigenvalue weighted by Crippen LogP contribution is -3.14. The molecule has 2 aliphatic rings. The molecular formula is C20H27N2O6+. The van der Waals surface area contributed by atoms with Crippen molar-refractivity contribution in [3.8, 4) is 11.5 Å². The summed E-state index contributed by atoms with van der Waals surface area (Å²) in [4.78, 5) is 27.9. The molecule has 8 nitrogen and oxygen atoms in total. The van der Waals surface area contributed by atoms with Crippen LogP contribution in [0.25, 0.3) is 0 Å². The molecule has 1 atom stereocenters. The predicted octanol–water partition coefficient (Wildman–Crippen LogP) is -0.0967. The van der Waals surface area contributed by atoms with Crippen molar-refractivity contribution in [2.45, 2.75) is 13.0 Å². The topological polar surface area (TPSA) is 89.7 Å². The Morgan fingerprint density at radius 2 is 2.00 bits per heavy atom. The van der Waals surface area contributed by atoms with Crippen LogP contribution in [-0.2, 0) is 14.3 Å². The van der Waals surface area contributed by atoms with Gasteiger partial charge in [0.2, 0.25) is 0 Å². The number of ether oxygens (including phenoxy) is 3. The van der Waals surface area contributed by atoms with Crippen LogP contribution in [0.15, 0.2) is 29.5 Å². The molecule has 0 saturated carbocycles. The van der Waals surface area contributed by atoms with Gasteiger partial charge in [-0.25, -0.2) is 0 Å². The molecule has 1 saturated heterocycles. The molecule has 1 aromatic carbocycles. The van der Waals surface area contributed by atoms with E-state index in [4.69, 9.17) is 14.2 Å². The van der Waals surface area contributed by atoms with Gasteiger partial charge in [-0.05, 0) is 19.1 Å². The van der Waals surface area contributed by atoms with Gasteiger partial charge in [0.1, 0.15) is 24.6 Å². The van der Waals surface area contributed by atoms with E-state index in [1.165, 1.54) is 18.9 Å². The van der Waals surface area contributed by atoms with Crippen LogP contribution >= 0.6 is 0 Å². The van der Waals surface area contributed by atoms with Crippen molar-refractivity contribution in [1.29, 1.82) is 0 Å². The molecule has 2 aliphatic heterocycles. The van der Waals surface area contributed by atoms with Gasteiger partial charge in [-0.1, -0.05) is 0 Å². The van der Waals surface area contributed by atoms with E-state index in [1.54, 1.807) is 30.2 Å². The Balaban J connectivity index is 1.94. The van der Waals surface area contributed by atoms with Crippen LogP contribution in [-0.4, -0.2) is 75.3 Å². The van der Waals surface area contributed by atoms with Crippen LogP contribution in [0, 0.1) is 0 Å². The number of nitrogens with zero attached hydrogens (tertiary/aromatic N) is 1. The van der Waals surface area contributed by atoms with Crippen molar-refractivity contribution in [2.24, 2.45) is 0 Å². The highest BCUT2D eigenvalue weighted by Crippen LogP contribution is 2.42. The average Bonchev–Trinajstić information content (AvgIpc) is 2.97. The van der Waals surface area contributed by atoms with Crippen molar-refractivity contribution < 1.29 is 33.8 Å². The highest BCUT2D eigenvalue weighted by atomic mass is 16.5. The maximum atomic E-state index is 12.8. The third kappa shape index (κ3) is 3.83. The number of morpholine rings is 1. The number of rotatable bonds is 7. The minimum absolute atomic E-state index is 0.102. The van der Waals surface area contributed by atoms with Crippen molar-refractivity contribution >= 4 is 11.7 Å². The summed E-state index contributed by atoms with van der Waals surface area (Å²) >= 11 is 0. The molecule has 152 valence electrons. The Morgan fingerprint density at radius 1 is 1.29 bits per heavy atom. The van der Waals surface area contributed by atoms with Crippen LogP contribution in [0.4, 0.5) is 0 Å². The maximum absolute atomic E-state index is 12.8. The van der Waals surface area contributed by atoms with Gasteiger partial charge in [-0.3, -0.25) is 9.59 Å². The van der Waals surface area contributed by atoms with Gasteiger partial charge in [-0.15, -0.1) is 0 Å². The summed E-state index contributed by atoms with van der Waals surface area (Å²) in [6.45, 7) is 5.62. The van der Waals surface area contributed by atoms with E-state index in [9.17, 15) is 14.7 Å². The average molecular weight is 391 g/mol. The number of nitrogens with one attached hydrogen (secondary N) is 1. The van der Waals surface area contributed by atoms with E-state index in [-0.39, 0.29) is 11.4 Å². The SMILES string of the molecule is COc1ccc([C@H]2C(C(C)=O)=C(O)C(=O)N2CC[NH+]2CCOCC2)c(OC)c1. The number of ketones is 1. The molecule has 1 fully saturated rings. The number of Topliss-reactive ketones (excluding diaryl/α,β-unsaturated/α-hetero) is 1. The molecule has 0 radical (unpaired) electrons. The lowest BCUT2D eigenvalue weighted by molar-refractivity contribution is -0.907. The van der Waals surface area contributed by atoms with E-state index in [0.29, 0.717) is 43.4 Å². The van der Waals surface area contributed by atoms with E-state index in [1.807, 2.05) is 0 Å². The van der Waals surface area contributed by atoms with Crippen molar-refractivity contribution in [2.75, 3.05) is 53.6 Å². The molecule has 0 aliphatic carbocycles. The standard InChI is InChI=1S/C20H26N2O6/c1-13(23)17-18(15-5-4-14(26-2)12-16(15)27-3)22(20(25)19(17)24)7-6-21-8-10-28-11-9-21/h4-5,12,18,24H,6-11H2,1-3H3/p+1/t18-/m0/s1. The van der Waals surface area contributed by atoms with E-state index < -0.39 is 17.7 Å². The van der Waals surface area contributed by atoms with Crippen LogP contribution < -0.4 is 14.4 Å². The van der Waals surface area contributed by atoms with Crippen molar-refractivity contribution in [3.63, 3.8) is 0 Å². The molecule has 0 spiro atoms. The first kappa shape index (κ1) is 20.2. The minimum Gasteiger partial charge on any atom is -0.503 e. The first-order chi connectivity index (χ1) is 13.5. The highest BCUT2D eigenvalue weighted by molar-refractivity contribution is 6.08. The number of hydrogen-bond acceptors (Lipinski definition) is 6. The summed E-state index contributed by atoms with van der Waals surface area (Å²) in [7, 11) is 3.08. The molecule has 0 bridgehead atoms. The zero-order valence-corrected chi connectivity index (χ0v) is 16.5. The first-order valence-corrected chi connectivity index (χ1v) is 9.36. The van der Waals surface area contributed by atoms with Crippen molar-refractivity contribution in [1.82, 2.24) is 4.90 Å². The number of quaternary nitrogens is 1. The molecular weight excluding hydrogens is 364 g/mol. The number of carbonyl (C=O) groups excluding carboxylic acids is 2. The van der Waals surface area contributed by atoms with Crippen LogP contribution in [0.5, 0.6) is 11.5 Å². The molecule has 0 aromatic heterocycles. The summed E-state index contributed by atoms with van der Waals surface area (Å²) in [6.07, 6.45) is 0. The number of hydrogen-bond donors (Lipinski definition) is 2. The number of aliphatic hydroxyl groups excluding tert-OH is 1. The van der Waals surface area contributed by atoms with Crippen LogP contribution in [0.2, 0.25) is 0 Å². The Kier molecular flexibility index (Phi) is 6.21. The van der Waals surface area contributed by atoms with Gasteiger partial charge in [-0.2, -0.15) is 0 Å². The Bertz CT molecular complexity index is 785. The molecule has 0 unspecified atom stereocenters. The zero-order valence-electron chi connectivity index (χ0n) is 16.5. The van der Waals surface area contributed by atoms with E-state index in [2.05, 4.69) is 0 Å². The number of amides is 1. The predicted molar refractivity (Wildman–Crippen MR) is 101 cm³/mol. The molecule has 2 heterocycles. The second kappa shape index (κ2) is 8.62. The third-order valence-electron chi connectivity index (χ3n) is 5.32. The van der Waals surface area contributed by atoms with E-state index >= 15 is 0 Å². The summed E-state index contributed by atoms with van der Waals surface area (Å²) in [5, 5.41) is 10.4. The fourth-order valence-electron chi connectivity index (χ4n) is 3.80. The zero-order chi connectivity index (χ0) is 20.3. The quantitative estimate of drug-likeness (QED) is 0.675. The smallest absolute Gasteiger partial charge is 0.290 e. The van der Waals surface area contributed by atoms with Gasteiger partial charge < -0.3 is 29.1 Å². The largest absolute Gasteiger partial charge is 0.503 e. The summed E-state index contributed by atoms with van der Waals surface area (Å²) in [5.74, 6) is -0.246. The Morgan fingerprint density at radius 3 is 2.61 bits per heavy atom. The molecule has 8 heteroatoms. The van der Waals surface area contributed by atoms with Crippen molar-refractivity contribution in [3.05, 3.63) is 35.1 Å². The summed E-state index contributed by atoms with van der Waals surface area (Å²) in [5.41, 5.74) is 0.744. The third-order valence-corrected chi connectivity index (χ3v) is 5.32. The summed E-state index contributed by atoms with van der Waals surface area (Å²) < 4.78 is 16.1. The molecule has 2 N–H and O–H groups in total. The van der Waals surface area contributed by atoms with E-state index in [0.717, 1.165) is 13.1 Å². The van der Waals surface area contributed by atoms with Gasteiger partial charge in [0.05, 0.1) is 52.1 Å². The maximum Gasteiger partial charge on any atom is 0.290 e. The van der Waals surface area contributed by atoms with Crippen LogP contribution in [0.1, 0.15) is 18.5 Å². The molecule has 1 aromatic rings. The second-order valence-corrected chi connectivity index (χ2v) is 6.94. The molecule has 28 heavy (non-hydrogen) atoms. The Hall–Kier alpha value is -2.58. The number of benzene rings is 1. The number of methoxy groups -OCH3 is 2. The van der Waals surface area contributed by atoms with Gasteiger partial charge in [0.15, 0.2) is 11.5 Å². The van der Waals surface area contributed by atoms with Gasteiger partial charge in [0.25, 0.3) is 5.91 Å². The number of aliphatic hydroxyl groups is 1. The lowest BCUT2D eigenvalue weighted by Gasteiger charge is -2.30. The fraction of sp³-hybridized carbons (Fsp3) is 0.500. The normalized spacial score (nSPS) is 20.6. The first-order valence-electron chi connectivity index (χ1n) is 9.36. The number of carbonyl (C=O) groups is 2. The van der Waals surface area contributed by atoms with Crippen LogP contribution in [0.3, 0.4) is 0 Å². The highest BCUT2D eigenvalue weighted by Gasteiger charge is 2.43. The molecule has 1 amide bonds. The molecule has 3 rings (SSSR count). The van der Waals surface area contributed by atoms with Gasteiger partial charge >= 0.3 is 0 Å². The minimum atomic E-state index is -0.689. The Labute approximate surface area is 164 Å². The lowest BCUT2D eigenvalue weighted by atomic mass is 9.95. The summed E-state index contributed by atoms with van der Waals surface area (Å²) in [6, 6.07) is 4.54. The van der Waals surface area contributed by atoms with Gasteiger partial charge in [0, 0.05) is 11.6 Å². The second-order valence-electron chi connectivity index (χ2n) is 6.94. The monoisotopic (exact) mass is 391 g/mol. The fourth-order valence-corrected chi connectivity index (χ4v) is 3.80.